The number of benzene rings is 1. The summed E-state index contributed by atoms with van der Waals surface area (Å²) in [6.07, 6.45) is 0.646. The van der Waals surface area contributed by atoms with Gasteiger partial charge >= 0.3 is 18.0 Å². The van der Waals surface area contributed by atoms with Crippen molar-refractivity contribution in [1.82, 2.24) is 10.2 Å². The minimum atomic E-state index is -0.844. The third-order valence-corrected chi connectivity index (χ3v) is 4.83. The molecule has 186 valence electrons. The molecule has 1 aliphatic rings. The Bertz CT molecular complexity index is 1150. The minimum absolute atomic E-state index is 0.0339. The van der Waals surface area contributed by atoms with Crippen LogP contribution in [0.3, 0.4) is 0 Å². The molecule has 0 aliphatic carbocycles. The molecule has 1 saturated heterocycles. The topological polar surface area (TPSA) is 134 Å². The molecule has 3 rings (SSSR count). The Balaban J connectivity index is 1.77. The van der Waals surface area contributed by atoms with Crippen LogP contribution in [0.1, 0.15) is 42.6 Å². The standard InChI is InChI=1S/C24H26N2O9/c1-5-32-20-12-15(7-9-18(20)34-14(3)22(28)33-6-2)11-17-21(27)26(24(30)25-17)13-16-8-10-19(35-16)23(29)31-4/h7-12,14H,5-6,13H2,1-4H3,(H,25,30)/b17-11-/t14-/m1/s1. The number of amides is 3. The Morgan fingerprint density at radius 2 is 1.89 bits per heavy atom. The first kappa shape index (κ1) is 25.3. The molecule has 35 heavy (non-hydrogen) atoms. The van der Waals surface area contributed by atoms with Crippen LogP contribution in [0.2, 0.25) is 0 Å². The van der Waals surface area contributed by atoms with Gasteiger partial charge < -0.3 is 28.7 Å². The molecule has 0 radical (unpaired) electrons. The van der Waals surface area contributed by atoms with Gasteiger partial charge in [-0.05, 0) is 56.7 Å². The number of hydrogen-bond acceptors (Lipinski definition) is 9. The lowest BCUT2D eigenvalue weighted by molar-refractivity contribution is -0.150. The van der Waals surface area contributed by atoms with Gasteiger partial charge in [-0.1, -0.05) is 6.07 Å². The van der Waals surface area contributed by atoms with Crippen molar-refractivity contribution in [1.29, 1.82) is 0 Å². The van der Waals surface area contributed by atoms with Crippen molar-refractivity contribution in [2.75, 3.05) is 20.3 Å². The molecule has 0 spiro atoms. The fourth-order valence-electron chi connectivity index (χ4n) is 3.19. The molecule has 1 atom stereocenters. The maximum absolute atomic E-state index is 12.8. The number of nitrogens with one attached hydrogen (secondary N) is 1. The van der Waals surface area contributed by atoms with Gasteiger partial charge in [0.25, 0.3) is 5.91 Å². The molecule has 0 bridgehead atoms. The molecule has 1 fully saturated rings. The molecule has 2 aromatic rings. The van der Waals surface area contributed by atoms with E-state index in [1.807, 2.05) is 0 Å². The second-order valence-electron chi connectivity index (χ2n) is 7.29. The van der Waals surface area contributed by atoms with Crippen molar-refractivity contribution >= 4 is 30.0 Å². The molecule has 3 amide bonds. The van der Waals surface area contributed by atoms with Gasteiger partial charge in [-0.3, -0.25) is 9.69 Å². The molecule has 1 aromatic heterocycles. The molecule has 2 heterocycles. The van der Waals surface area contributed by atoms with Crippen LogP contribution in [-0.4, -0.2) is 55.2 Å². The normalized spacial score (nSPS) is 15.1. The van der Waals surface area contributed by atoms with E-state index in [0.717, 1.165) is 4.90 Å². The third kappa shape index (κ3) is 5.99. The van der Waals surface area contributed by atoms with Crippen molar-refractivity contribution in [3.8, 4) is 11.5 Å². The molecular weight excluding hydrogens is 460 g/mol. The monoisotopic (exact) mass is 486 g/mol. The second-order valence-corrected chi connectivity index (χ2v) is 7.29. The summed E-state index contributed by atoms with van der Waals surface area (Å²) in [7, 11) is 1.22. The summed E-state index contributed by atoms with van der Waals surface area (Å²) in [5.41, 5.74) is 0.604. The molecule has 1 N–H and O–H groups in total. The summed E-state index contributed by atoms with van der Waals surface area (Å²) in [4.78, 5) is 49.6. The van der Waals surface area contributed by atoms with Crippen LogP contribution in [0.5, 0.6) is 11.5 Å². The zero-order valence-electron chi connectivity index (χ0n) is 19.8. The summed E-state index contributed by atoms with van der Waals surface area (Å²) >= 11 is 0. The number of ether oxygens (including phenoxy) is 4. The van der Waals surface area contributed by atoms with Gasteiger partial charge in [0.2, 0.25) is 5.76 Å². The highest BCUT2D eigenvalue weighted by Gasteiger charge is 2.34. The van der Waals surface area contributed by atoms with Crippen LogP contribution in [0.4, 0.5) is 4.79 Å². The number of carbonyl (C=O) groups excluding carboxylic acids is 4. The number of furan rings is 1. The van der Waals surface area contributed by atoms with Crippen LogP contribution in [0, 0.1) is 0 Å². The lowest BCUT2D eigenvalue weighted by Gasteiger charge is -2.16. The average molecular weight is 486 g/mol. The van der Waals surface area contributed by atoms with Gasteiger partial charge in [0, 0.05) is 0 Å². The van der Waals surface area contributed by atoms with E-state index in [-0.39, 0.29) is 30.4 Å². The summed E-state index contributed by atoms with van der Waals surface area (Å²) in [5.74, 6) is -0.840. The van der Waals surface area contributed by atoms with Gasteiger partial charge in [0.05, 0.1) is 26.9 Å². The molecule has 0 saturated carbocycles. The van der Waals surface area contributed by atoms with Crippen molar-refractivity contribution in [3.63, 3.8) is 0 Å². The van der Waals surface area contributed by atoms with Gasteiger partial charge in [0.15, 0.2) is 17.6 Å². The Morgan fingerprint density at radius 1 is 1.11 bits per heavy atom. The molecule has 1 aliphatic heterocycles. The second kappa shape index (κ2) is 11.2. The lowest BCUT2D eigenvalue weighted by Crippen LogP contribution is -2.30. The fourth-order valence-corrected chi connectivity index (χ4v) is 3.19. The molecule has 1 aromatic carbocycles. The predicted molar refractivity (Wildman–Crippen MR) is 121 cm³/mol. The highest BCUT2D eigenvalue weighted by atomic mass is 16.6. The van der Waals surface area contributed by atoms with Crippen LogP contribution < -0.4 is 14.8 Å². The summed E-state index contributed by atoms with van der Waals surface area (Å²) in [6.45, 7) is 5.48. The number of nitrogens with zero attached hydrogens (tertiary/aromatic N) is 1. The Labute approximate surface area is 201 Å². The quantitative estimate of drug-likeness (QED) is 0.306. The molecule has 0 unspecified atom stereocenters. The maximum atomic E-state index is 12.8. The van der Waals surface area contributed by atoms with Crippen molar-refractivity contribution < 1.29 is 42.5 Å². The first-order valence-corrected chi connectivity index (χ1v) is 10.9. The van der Waals surface area contributed by atoms with E-state index in [0.29, 0.717) is 23.7 Å². The third-order valence-electron chi connectivity index (χ3n) is 4.83. The summed E-state index contributed by atoms with van der Waals surface area (Å²) < 4.78 is 26.2. The summed E-state index contributed by atoms with van der Waals surface area (Å²) in [6, 6.07) is 7.13. The van der Waals surface area contributed by atoms with E-state index >= 15 is 0 Å². The van der Waals surface area contributed by atoms with Crippen molar-refractivity contribution in [3.05, 3.63) is 53.1 Å². The smallest absolute Gasteiger partial charge is 0.373 e. The Hall–Kier alpha value is -4.28. The number of rotatable bonds is 10. The Morgan fingerprint density at radius 3 is 2.57 bits per heavy atom. The minimum Gasteiger partial charge on any atom is -0.490 e. The van der Waals surface area contributed by atoms with Gasteiger partial charge in [-0.2, -0.15) is 0 Å². The first-order valence-electron chi connectivity index (χ1n) is 10.9. The van der Waals surface area contributed by atoms with Gasteiger partial charge in [-0.25, -0.2) is 14.4 Å². The molecule has 11 heteroatoms. The highest BCUT2D eigenvalue weighted by Crippen LogP contribution is 2.31. The summed E-state index contributed by atoms with van der Waals surface area (Å²) in [5, 5.41) is 2.52. The van der Waals surface area contributed by atoms with E-state index in [1.54, 1.807) is 39.0 Å². The van der Waals surface area contributed by atoms with Crippen LogP contribution in [-0.2, 0) is 25.6 Å². The zero-order valence-corrected chi connectivity index (χ0v) is 19.8. The van der Waals surface area contributed by atoms with E-state index in [4.69, 9.17) is 18.6 Å². The van der Waals surface area contributed by atoms with Crippen LogP contribution >= 0.6 is 0 Å². The van der Waals surface area contributed by atoms with Crippen molar-refractivity contribution in [2.45, 2.75) is 33.4 Å². The van der Waals surface area contributed by atoms with E-state index in [2.05, 4.69) is 10.1 Å². The Kier molecular flexibility index (Phi) is 8.13. The largest absolute Gasteiger partial charge is 0.490 e. The number of imide groups is 1. The number of esters is 2. The van der Waals surface area contributed by atoms with Crippen LogP contribution in [0.15, 0.2) is 40.4 Å². The molecular formula is C24H26N2O9. The van der Waals surface area contributed by atoms with Gasteiger partial charge in [-0.15, -0.1) is 0 Å². The fraction of sp³-hybridized carbons (Fsp3) is 0.333. The SMILES string of the molecule is CCOC(=O)[C@@H](C)Oc1ccc(/C=C2\NC(=O)N(Cc3ccc(C(=O)OC)o3)C2=O)cc1OCC. The zero-order chi connectivity index (χ0) is 25.5. The van der Waals surface area contributed by atoms with E-state index < -0.39 is 30.0 Å². The van der Waals surface area contributed by atoms with Gasteiger partial charge in [0.1, 0.15) is 11.5 Å². The van der Waals surface area contributed by atoms with Crippen LogP contribution in [0.25, 0.3) is 6.08 Å². The lowest BCUT2D eigenvalue weighted by atomic mass is 10.1. The number of hydrogen-bond donors (Lipinski definition) is 1. The van der Waals surface area contributed by atoms with E-state index in [1.165, 1.54) is 25.3 Å². The maximum Gasteiger partial charge on any atom is 0.373 e. The number of urea groups is 1. The number of carbonyl (C=O) groups is 4. The first-order chi connectivity index (χ1) is 16.8. The average Bonchev–Trinajstić information content (AvgIpc) is 3.41. The molecule has 11 nitrogen and oxygen atoms in total. The number of methoxy groups -OCH3 is 1. The van der Waals surface area contributed by atoms with Crippen molar-refractivity contribution in [2.24, 2.45) is 0 Å². The highest BCUT2D eigenvalue weighted by molar-refractivity contribution is 6.13. The van der Waals surface area contributed by atoms with E-state index in [9.17, 15) is 19.2 Å². The predicted octanol–water partition coefficient (Wildman–Crippen LogP) is 2.89.